The van der Waals surface area contributed by atoms with Crippen molar-refractivity contribution in [1.82, 2.24) is 0 Å². The lowest BCUT2D eigenvalue weighted by molar-refractivity contribution is 0.0673. The number of hydrogen-bond acceptors (Lipinski definition) is 2. The largest absolute Gasteiger partial charge is 0.504 e. The number of phenolic OH excluding ortho intramolecular Hbond substituents is 1. The first kappa shape index (κ1) is 10.8. The van der Waals surface area contributed by atoms with Gasteiger partial charge in [0, 0.05) is 0 Å². The third-order valence-electron chi connectivity index (χ3n) is 1.53. The zero-order chi connectivity index (χ0) is 10.9. The van der Waals surface area contributed by atoms with Gasteiger partial charge in [-0.2, -0.15) is 0 Å². The number of carbonyl (C=O) groups is 1. The van der Waals surface area contributed by atoms with Gasteiger partial charge in [0.25, 0.3) is 0 Å². The lowest BCUT2D eigenvalue weighted by Crippen LogP contribution is -2.12. The summed E-state index contributed by atoms with van der Waals surface area (Å²) < 4.78 is 36.8. The Morgan fingerprint density at radius 3 is 2.50 bits per heavy atom. The van der Waals surface area contributed by atoms with Crippen LogP contribution in [0.4, 0.5) is 13.2 Å². The predicted molar refractivity (Wildman–Crippen MR) is 43.4 cm³/mol. The van der Waals surface area contributed by atoms with Crippen molar-refractivity contribution in [3.8, 4) is 5.75 Å². The summed E-state index contributed by atoms with van der Waals surface area (Å²) in [6.45, 7) is 0. The lowest BCUT2D eigenvalue weighted by Gasteiger charge is -2.04. The number of aromatic hydroxyl groups is 1. The molecule has 1 rings (SSSR count). The molecular weight excluding hydrogens is 221 g/mol. The highest BCUT2D eigenvalue weighted by atomic mass is 35.5. The molecule has 0 aliphatic carbocycles. The molecule has 0 spiro atoms. The van der Waals surface area contributed by atoms with Crippen LogP contribution in [-0.2, 0) is 0 Å². The third kappa shape index (κ3) is 1.82. The topological polar surface area (TPSA) is 37.3 Å². The van der Waals surface area contributed by atoms with Crippen LogP contribution in [0.25, 0.3) is 0 Å². The molecule has 14 heavy (non-hydrogen) atoms. The molecule has 1 aromatic carbocycles. The number of phenols is 1. The Bertz CT molecular complexity index is 379. The highest BCUT2D eigenvalue weighted by Crippen LogP contribution is 2.29. The molecule has 0 unspecified atom stereocenters. The van der Waals surface area contributed by atoms with Gasteiger partial charge in [0.2, 0.25) is 5.78 Å². The van der Waals surface area contributed by atoms with E-state index in [1.807, 2.05) is 0 Å². The van der Waals surface area contributed by atoms with Crippen LogP contribution in [0.5, 0.6) is 5.75 Å². The van der Waals surface area contributed by atoms with E-state index in [9.17, 15) is 18.0 Å². The second-order valence-corrected chi connectivity index (χ2v) is 2.83. The third-order valence-corrected chi connectivity index (χ3v) is 1.84. The van der Waals surface area contributed by atoms with Gasteiger partial charge in [0.1, 0.15) is 0 Å². The molecule has 76 valence electrons. The number of alkyl halides is 2. The van der Waals surface area contributed by atoms with Crippen molar-refractivity contribution >= 4 is 17.4 Å². The van der Waals surface area contributed by atoms with Crippen molar-refractivity contribution in [2.75, 3.05) is 0 Å². The van der Waals surface area contributed by atoms with Crippen molar-refractivity contribution in [3.05, 3.63) is 28.5 Å². The fourth-order valence-corrected chi connectivity index (χ4v) is 0.995. The minimum Gasteiger partial charge on any atom is -0.504 e. The summed E-state index contributed by atoms with van der Waals surface area (Å²) in [6, 6.07) is 1.77. The summed E-state index contributed by atoms with van der Waals surface area (Å²) >= 11 is 5.28. The molecule has 6 heteroatoms. The Morgan fingerprint density at radius 1 is 1.43 bits per heavy atom. The van der Waals surface area contributed by atoms with E-state index in [0.717, 1.165) is 12.1 Å². The molecule has 0 aliphatic rings. The summed E-state index contributed by atoms with van der Waals surface area (Å²) in [5.41, 5.74) is -0.873. The predicted octanol–water partition coefficient (Wildman–Crippen LogP) is 2.63. The zero-order valence-corrected chi connectivity index (χ0v) is 7.36. The van der Waals surface area contributed by atoms with Crippen molar-refractivity contribution in [1.29, 1.82) is 0 Å². The number of benzene rings is 1. The van der Waals surface area contributed by atoms with Gasteiger partial charge in [-0.15, -0.1) is 0 Å². The molecule has 0 bridgehead atoms. The van der Waals surface area contributed by atoms with E-state index >= 15 is 0 Å². The molecule has 1 N–H and O–H groups in total. The fourth-order valence-electron chi connectivity index (χ4n) is 0.849. The number of carbonyl (C=O) groups excluding carboxylic acids is 1. The molecule has 0 aromatic heterocycles. The van der Waals surface area contributed by atoms with Crippen LogP contribution in [0, 0.1) is 5.82 Å². The summed E-state index contributed by atoms with van der Waals surface area (Å²) in [7, 11) is 0. The molecule has 2 nitrogen and oxygen atoms in total. The molecule has 0 fully saturated rings. The number of hydrogen-bond donors (Lipinski definition) is 1. The van der Waals surface area contributed by atoms with Gasteiger partial charge >= 0.3 is 6.43 Å². The Hall–Kier alpha value is -1.23. The first-order valence-electron chi connectivity index (χ1n) is 3.44. The molecule has 1 aromatic rings. The Kier molecular flexibility index (Phi) is 3.00. The van der Waals surface area contributed by atoms with Crippen molar-refractivity contribution < 1.29 is 23.1 Å². The van der Waals surface area contributed by atoms with E-state index < -0.39 is 29.3 Å². The van der Waals surface area contributed by atoms with E-state index in [2.05, 4.69) is 0 Å². The monoisotopic (exact) mass is 224 g/mol. The van der Waals surface area contributed by atoms with Gasteiger partial charge in [-0.05, 0) is 12.1 Å². The molecular formula is C8H4ClF3O2. The van der Waals surface area contributed by atoms with E-state index in [1.165, 1.54) is 0 Å². The number of ketones is 1. The van der Waals surface area contributed by atoms with E-state index in [1.54, 1.807) is 0 Å². The number of Topliss-reactive ketones (excluding diaryl/α,β-unsaturated/α-hetero) is 1. The Labute approximate surface area is 81.9 Å². The van der Waals surface area contributed by atoms with Crippen LogP contribution in [-0.4, -0.2) is 17.3 Å². The SMILES string of the molecule is O=C(c1ccc(Cl)c(O)c1F)C(F)F. The van der Waals surface area contributed by atoms with Crippen molar-refractivity contribution in [2.45, 2.75) is 6.43 Å². The first-order valence-corrected chi connectivity index (χ1v) is 3.82. The summed E-state index contributed by atoms with van der Waals surface area (Å²) in [6.07, 6.45) is -3.31. The molecule has 0 saturated heterocycles. The molecule has 0 amide bonds. The smallest absolute Gasteiger partial charge is 0.300 e. The average molecular weight is 225 g/mol. The second kappa shape index (κ2) is 3.88. The molecule has 0 atom stereocenters. The summed E-state index contributed by atoms with van der Waals surface area (Å²) in [5.74, 6) is -4.12. The molecule has 0 heterocycles. The highest BCUT2D eigenvalue weighted by molar-refractivity contribution is 6.32. The van der Waals surface area contributed by atoms with Crippen molar-refractivity contribution in [2.24, 2.45) is 0 Å². The second-order valence-electron chi connectivity index (χ2n) is 2.42. The maximum absolute atomic E-state index is 13.0. The van der Waals surface area contributed by atoms with Gasteiger partial charge in [-0.1, -0.05) is 11.6 Å². The van der Waals surface area contributed by atoms with E-state index in [-0.39, 0.29) is 5.02 Å². The summed E-state index contributed by atoms with van der Waals surface area (Å²) in [4.78, 5) is 10.7. The molecule has 0 aliphatic heterocycles. The average Bonchev–Trinajstić information content (AvgIpc) is 2.13. The van der Waals surface area contributed by atoms with Gasteiger partial charge in [-0.25, -0.2) is 13.2 Å². The Balaban J connectivity index is 3.24. The highest BCUT2D eigenvalue weighted by Gasteiger charge is 2.23. The number of rotatable bonds is 2. The van der Waals surface area contributed by atoms with Crippen LogP contribution in [0.3, 0.4) is 0 Å². The van der Waals surface area contributed by atoms with Crippen LogP contribution in [0.15, 0.2) is 12.1 Å². The van der Waals surface area contributed by atoms with Gasteiger partial charge < -0.3 is 5.11 Å². The minimum atomic E-state index is -3.31. The van der Waals surface area contributed by atoms with Gasteiger partial charge in [0.15, 0.2) is 11.6 Å². The quantitative estimate of drug-likeness (QED) is 0.784. The van der Waals surface area contributed by atoms with Gasteiger partial charge in [0.05, 0.1) is 10.6 Å². The standard InChI is InChI=1S/C8H4ClF3O2/c9-4-2-1-3(5(10)7(4)14)6(13)8(11)12/h1-2,8,14H. The molecule has 0 radical (unpaired) electrons. The van der Waals surface area contributed by atoms with Gasteiger partial charge in [-0.3, -0.25) is 4.79 Å². The molecule has 0 saturated carbocycles. The van der Waals surface area contributed by atoms with E-state index in [0.29, 0.717) is 0 Å². The summed E-state index contributed by atoms with van der Waals surface area (Å²) in [5, 5.41) is 8.57. The normalized spacial score (nSPS) is 10.6. The van der Waals surface area contributed by atoms with Crippen LogP contribution < -0.4 is 0 Å². The maximum Gasteiger partial charge on any atom is 0.300 e. The van der Waals surface area contributed by atoms with E-state index in [4.69, 9.17) is 16.7 Å². The van der Waals surface area contributed by atoms with Crippen LogP contribution in [0.1, 0.15) is 10.4 Å². The number of halogens is 4. The fraction of sp³-hybridized carbons (Fsp3) is 0.125. The van der Waals surface area contributed by atoms with Crippen LogP contribution in [0.2, 0.25) is 5.02 Å². The lowest BCUT2D eigenvalue weighted by atomic mass is 10.1. The zero-order valence-electron chi connectivity index (χ0n) is 6.60. The van der Waals surface area contributed by atoms with Crippen molar-refractivity contribution in [3.63, 3.8) is 0 Å². The maximum atomic E-state index is 13.0. The Morgan fingerprint density at radius 2 is 2.00 bits per heavy atom. The van der Waals surface area contributed by atoms with Crippen LogP contribution >= 0.6 is 11.6 Å². The first-order chi connectivity index (χ1) is 6.45. The minimum absolute atomic E-state index is 0.340.